The number of phosphoric acid groups is 1. The average molecular weight is 464 g/mol. The molecule has 0 heterocycles. The van der Waals surface area contributed by atoms with Gasteiger partial charge in [-0.2, -0.15) is 0 Å². The Kier molecular flexibility index (Phi) is 12.5. The van der Waals surface area contributed by atoms with E-state index in [0.717, 1.165) is 0 Å². The van der Waals surface area contributed by atoms with Crippen molar-refractivity contribution >= 4 is 24.3 Å². The van der Waals surface area contributed by atoms with Crippen LogP contribution in [0, 0.1) is 41.5 Å². The molecular weight excluding hydrogens is 437 g/mol. The number of benzene rings is 2. The van der Waals surface area contributed by atoms with Gasteiger partial charge in [0.15, 0.2) is 0 Å². The fourth-order valence-corrected chi connectivity index (χ4v) is 4.40. The lowest BCUT2D eigenvalue weighted by atomic mass is 10.1. The average Bonchev–Trinajstić information content (AvgIpc) is 2.41. The molecule has 2 atom stereocenters. The molecule has 0 aliphatic rings. The zero-order valence-electron chi connectivity index (χ0n) is 17.2. The summed E-state index contributed by atoms with van der Waals surface area (Å²) >= 11 is 0. The maximum Gasteiger partial charge on any atom is 0.705 e. The molecule has 2 rings (SSSR count). The summed E-state index contributed by atoms with van der Waals surface area (Å²) in [7, 11) is -11.6. The second kappa shape index (κ2) is 13.1. The molecule has 0 radical (unpaired) electrons. The molecule has 2 aromatic carbocycles. The third-order valence-electron chi connectivity index (χ3n) is 3.08. The first-order valence-corrected chi connectivity index (χ1v) is 12.1. The van der Waals surface area contributed by atoms with Gasteiger partial charge in [-0.1, -0.05) is 69.8 Å². The standard InChI is InChI=1S/2C9H12.HO8P3/c2*1-7-4-8(2)6-9(3)5-7;1-9(2)7-11(5,6)8-10(3)4/h2*4-6H,1-3H3;(H-2,1,2,3,4,5,6)/p+2. The summed E-state index contributed by atoms with van der Waals surface area (Å²) in [5, 5.41) is 0. The maximum absolute atomic E-state index is 10.3. The minimum atomic E-state index is -4.87. The minimum absolute atomic E-state index is 1.35. The molecule has 160 valence electrons. The topological polar surface area (TPSA) is 130 Å². The lowest BCUT2D eigenvalue weighted by molar-refractivity contribution is 0.271. The van der Waals surface area contributed by atoms with Gasteiger partial charge in [-0.15, -0.1) is 9.79 Å². The Labute approximate surface area is 173 Å². The van der Waals surface area contributed by atoms with Crippen LogP contribution in [0.25, 0.3) is 0 Å². The molecule has 0 saturated heterocycles. The van der Waals surface area contributed by atoms with Crippen LogP contribution in [0.1, 0.15) is 33.4 Å². The van der Waals surface area contributed by atoms with Crippen molar-refractivity contribution in [2.24, 2.45) is 0 Å². The van der Waals surface area contributed by atoms with Gasteiger partial charge >= 0.3 is 24.3 Å². The van der Waals surface area contributed by atoms with E-state index in [4.69, 9.17) is 14.7 Å². The Morgan fingerprint density at radius 1 is 0.621 bits per heavy atom. The predicted octanol–water partition coefficient (Wildman–Crippen LogP) is 5.64. The smallest absolute Gasteiger partial charge is 0.297 e. The van der Waals surface area contributed by atoms with Crippen molar-refractivity contribution in [2.75, 3.05) is 0 Å². The molecule has 3 N–H and O–H groups in total. The van der Waals surface area contributed by atoms with Gasteiger partial charge in [-0.05, 0) is 41.5 Å². The molecule has 2 aromatic rings. The third kappa shape index (κ3) is 15.2. The van der Waals surface area contributed by atoms with E-state index in [2.05, 4.69) is 86.6 Å². The lowest BCUT2D eigenvalue weighted by Gasteiger charge is -1.96. The quantitative estimate of drug-likeness (QED) is 0.496. The first-order valence-electron chi connectivity index (χ1n) is 8.34. The number of hydrogen-bond acceptors (Lipinski definition) is 5. The van der Waals surface area contributed by atoms with Crippen LogP contribution in [-0.4, -0.2) is 14.7 Å². The highest BCUT2D eigenvalue weighted by Crippen LogP contribution is 2.55. The molecular formula is C18H27O8P3+2. The van der Waals surface area contributed by atoms with Crippen molar-refractivity contribution in [2.45, 2.75) is 41.5 Å². The van der Waals surface area contributed by atoms with E-state index in [1.165, 1.54) is 33.4 Å². The summed E-state index contributed by atoms with van der Waals surface area (Å²) < 4.78 is 36.4. The Hall–Kier alpha value is -1.33. The molecule has 0 fully saturated rings. The summed E-state index contributed by atoms with van der Waals surface area (Å²) in [6.07, 6.45) is 0. The zero-order valence-corrected chi connectivity index (χ0v) is 19.9. The van der Waals surface area contributed by atoms with Crippen molar-refractivity contribution in [3.05, 3.63) is 69.8 Å². The van der Waals surface area contributed by atoms with Gasteiger partial charge in [-0.25, -0.2) is 4.57 Å². The third-order valence-corrected chi connectivity index (χ3v) is 5.85. The number of hydrogen-bond donors (Lipinski definition) is 3. The van der Waals surface area contributed by atoms with Gasteiger partial charge in [0.25, 0.3) is 0 Å². The van der Waals surface area contributed by atoms with Gasteiger partial charge in [0.05, 0.1) is 0 Å². The first kappa shape index (κ1) is 27.7. The molecule has 0 amide bonds. The Bertz CT molecular complexity index is 728. The van der Waals surface area contributed by atoms with E-state index in [1.54, 1.807) is 0 Å². The van der Waals surface area contributed by atoms with E-state index >= 15 is 0 Å². The van der Waals surface area contributed by atoms with Crippen LogP contribution in [0.15, 0.2) is 36.4 Å². The Morgan fingerprint density at radius 2 is 0.793 bits per heavy atom. The largest absolute Gasteiger partial charge is 0.705 e. The van der Waals surface area contributed by atoms with Crippen molar-refractivity contribution in [1.29, 1.82) is 0 Å². The van der Waals surface area contributed by atoms with Crippen LogP contribution < -0.4 is 0 Å². The fraction of sp³-hybridized carbons (Fsp3) is 0.333. The van der Waals surface area contributed by atoms with Crippen molar-refractivity contribution in [3.8, 4) is 0 Å². The van der Waals surface area contributed by atoms with E-state index in [1.807, 2.05) is 0 Å². The van der Waals surface area contributed by atoms with Crippen LogP contribution in [0.5, 0.6) is 0 Å². The molecule has 0 aromatic heterocycles. The molecule has 2 unspecified atom stereocenters. The molecule has 11 heteroatoms. The van der Waals surface area contributed by atoms with E-state index in [0.29, 0.717) is 0 Å². The van der Waals surface area contributed by atoms with Gasteiger partial charge in [0.1, 0.15) is 0 Å². The van der Waals surface area contributed by atoms with Crippen molar-refractivity contribution < 1.29 is 37.0 Å². The van der Waals surface area contributed by atoms with Crippen LogP contribution in [0.4, 0.5) is 0 Å². The highest BCUT2D eigenvalue weighted by molar-refractivity contribution is 7.60. The minimum Gasteiger partial charge on any atom is -0.297 e. The fourth-order valence-electron chi connectivity index (χ4n) is 2.60. The Balaban J connectivity index is 0.000000408. The van der Waals surface area contributed by atoms with E-state index in [9.17, 15) is 13.7 Å². The molecule has 0 saturated carbocycles. The van der Waals surface area contributed by atoms with Gasteiger partial charge in [-0.3, -0.25) is 4.89 Å². The van der Waals surface area contributed by atoms with Gasteiger partial charge in [0, 0.05) is 17.8 Å². The molecule has 0 aliphatic heterocycles. The van der Waals surface area contributed by atoms with Gasteiger partial charge < -0.3 is 0 Å². The van der Waals surface area contributed by atoms with Gasteiger partial charge in [0.2, 0.25) is 0 Å². The first-order chi connectivity index (χ1) is 13.2. The van der Waals surface area contributed by atoms with E-state index in [-0.39, 0.29) is 0 Å². The lowest BCUT2D eigenvalue weighted by Crippen LogP contribution is -1.81. The van der Waals surface area contributed by atoms with E-state index < -0.39 is 24.3 Å². The summed E-state index contributed by atoms with van der Waals surface area (Å²) in [4.78, 5) is 24.1. The zero-order chi connectivity index (χ0) is 22.8. The highest BCUT2D eigenvalue weighted by Gasteiger charge is 2.43. The number of aryl methyl sites for hydroxylation is 6. The monoisotopic (exact) mass is 464 g/mol. The molecule has 0 aliphatic carbocycles. The van der Waals surface area contributed by atoms with Crippen molar-refractivity contribution in [1.82, 2.24) is 0 Å². The second-order valence-corrected chi connectivity index (χ2v) is 9.63. The summed E-state index contributed by atoms with van der Waals surface area (Å²) in [6, 6.07) is 13.1. The maximum atomic E-state index is 10.3. The van der Waals surface area contributed by atoms with Crippen LogP contribution in [0.2, 0.25) is 0 Å². The highest BCUT2D eigenvalue weighted by atomic mass is 31.3. The molecule has 0 spiro atoms. The van der Waals surface area contributed by atoms with Crippen LogP contribution in [-0.2, 0) is 22.3 Å². The normalized spacial score (nSPS) is 13.1. The van der Waals surface area contributed by atoms with Crippen LogP contribution >= 0.6 is 24.3 Å². The SMILES string of the molecule is Cc1cc(C)cc(C)c1.Cc1cc(C)cc(C)c1.O=[P+](O)OP(=O)(O)O[P+](=O)O. The molecule has 29 heavy (non-hydrogen) atoms. The van der Waals surface area contributed by atoms with Crippen molar-refractivity contribution in [3.63, 3.8) is 0 Å². The summed E-state index contributed by atoms with van der Waals surface area (Å²) in [6.45, 7) is 12.8. The number of rotatable bonds is 4. The second-order valence-electron chi connectivity index (χ2n) is 6.44. The molecule has 0 bridgehead atoms. The van der Waals surface area contributed by atoms with Crippen LogP contribution in [0.3, 0.4) is 0 Å². The predicted molar refractivity (Wildman–Crippen MR) is 113 cm³/mol. The summed E-state index contributed by atoms with van der Waals surface area (Å²) in [5.74, 6) is 0. The summed E-state index contributed by atoms with van der Waals surface area (Å²) in [5.41, 5.74) is 8.13. The molecule has 8 nitrogen and oxygen atoms in total. The Morgan fingerprint density at radius 3 is 0.931 bits per heavy atom.